The maximum Gasteiger partial charge on any atom is 0.165 e. The van der Waals surface area contributed by atoms with E-state index in [-0.39, 0.29) is 17.6 Å². The van der Waals surface area contributed by atoms with Gasteiger partial charge in [0.25, 0.3) is 0 Å². The van der Waals surface area contributed by atoms with Gasteiger partial charge in [-0.05, 0) is 41.5 Å². The van der Waals surface area contributed by atoms with E-state index in [1.54, 1.807) is 6.07 Å². The first-order valence-electron chi connectivity index (χ1n) is 7.60. The molecular weight excluding hydrogens is 291 g/mol. The molecule has 0 radical (unpaired) electrons. The van der Waals surface area contributed by atoms with Crippen molar-refractivity contribution in [2.75, 3.05) is 7.11 Å². The fourth-order valence-corrected chi connectivity index (χ4v) is 3.21. The molecule has 1 aliphatic rings. The number of fused-ring (bicyclic) bond motifs is 3. The van der Waals surface area contributed by atoms with E-state index in [1.165, 1.54) is 24.4 Å². The summed E-state index contributed by atoms with van der Waals surface area (Å²) in [5, 5.41) is 3.57. The van der Waals surface area contributed by atoms with E-state index in [0.29, 0.717) is 0 Å². The third-order valence-corrected chi connectivity index (χ3v) is 4.33. The monoisotopic (exact) mass is 308 g/mol. The van der Waals surface area contributed by atoms with Crippen molar-refractivity contribution in [1.29, 1.82) is 0 Å². The minimum absolute atomic E-state index is 0.0214. The van der Waals surface area contributed by atoms with Gasteiger partial charge in [0.2, 0.25) is 0 Å². The Morgan fingerprint density at radius 3 is 2.87 bits per heavy atom. The van der Waals surface area contributed by atoms with Crippen LogP contribution in [0.4, 0.5) is 4.39 Å². The molecule has 4 heteroatoms. The molecule has 116 valence electrons. The van der Waals surface area contributed by atoms with E-state index in [4.69, 9.17) is 4.74 Å². The zero-order valence-electron chi connectivity index (χ0n) is 12.8. The van der Waals surface area contributed by atoms with Crippen molar-refractivity contribution in [2.24, 2.45) is 0 Å². The molecular formula is C19H17FN2O. The molecule has 0 bridgehead atoms. The van der Waals surface area contributed by atoms with Crippen LogP contribution in [-0.4, -0.2) is 11.7 Å². The Labute approximate surface area is 134 Å². The molecule has 2 aromatic carbocycles. The second-order valence-corrected chi connectivity index (χ2v) is 5.64. The predicted octanol–water partition coefficient (Wildman–Crippen LogP) is 3.82. The Morgan fingerprint density at radius 1 is 1.13 bits per heavy atom. The lowest BCUT2D eigenvalue weighted by Crippen LogP contribution is -2.21. The molecule has 0 amide bonds. The van der Waals surface area contributed by atoms with E-state index in [2.05, 4.69) is 34.3 Å². The van der Waals surface area contributed by atoms with Gasteiger partial charge in [0, 0.05) is 24.1 Å². The summed E-state index contributed by atoms with van der Waals surface area (Å²) < 4.78 is 21.0. The van der Waals surface area contributed by atoms with Crippen molar-refractivity contribution in [1.82, 2.24) is 9.88 Å². The molecule has 1 aromatic heterocycles. The predicted molar refractivity (Wildman–Crippen MR) is 87.4 cm³/mol. The van der Waals surface area contributed by atoms with Gasteiger partial charge < -0.3 is 14.6 Å². The normalized spacial score (nSPS) is 16.3. The van der Waals surface area contributed by atoms with Gasteiger partial charge >= 0.3 is 0 Å². The lowest BCUT2D eigenvalue weighted by Gasteiger charge is -2.19. The Morgan fingerprint density at radius 2 is 2.00 bits per heavy atom. The fourth-order valence-electron chi connectivity index (χ4n) is 3.21. The average Bonchev–Trinajstić information content (AvgIpc) is 3.00. The summed E-state index contributed by atoms with van der Waals surface area (Å²) >= 11 is 0. The van der Waals surface area contributed by atoms with Crippen molar-refractivity contribution < 1.29 is 9.13 Å². The van der Waals surface area contributed by atoms with Gasteiger partial charge in [-0.25, -0.2) is 4.39 Å². The van der Waals surface area contributed by atoms with Crippen molar-refractivity contribution >= 4 is 0 Å². The molecule has 0 unspecified atom stereocenters. The van der Waals surface area contributed by atoms with E-state index < -0.39 is 0 Å². The number of para-hydroxylation sites is 1. The number of hydrogen-bond donors (Lipinski definition) is 1. The molecule has 0 aliphatic carbocycles. The number of rotatable bonds is 2. The second-order valence-electron chi connectivity index (χ2n) is 5.64. The van der Waals surface area contributed by atoms with Gasteiger partial charge in [-0.2, -0.15) is 0 Å². The number of hydrogen-bond acceptors (Lipinski definition) is 2. The van der Waals surface area contributed by atoms with Gasteiger partial charge in [-0.1, -0.05) is 24.3 Å². The van der Waals surface area contributed by atoms with Crippen molar-refractivity contribution in [3.05, 3.63) is 83.4 Å². The zero-order valence-corrected chi connectivity index (χ0v) is 12.8. The Balaban J connectivity index is 1.84. The summed E-state index contributed by atoms with van der Waals surface area (Å²) in [4.78, 5) is 0. The first-order valence-corrected chi connectivity index (χ1v) is 7.60. The van der Waals surface area contributed by atoms with Gasteiger partial charge in [-0.15, -0.1) is 0 Å². The zero-order chi connectivity index (χ0) is 15.8. The van der Waals surface area contributed by atoms with Crippen LogP contribution >= 0.6 is 0 Å². The van der Waals surface area contributed by atoms with Crippen LogP contribution in [0.3, 0.4) is 0 Å². The van der Waals surface area contributed by atoms with Crippen LogP contribution in [0.2, 0.25) is 0 Å². The SMILES string of the molecule is COc1cc([C@H]2NCc3ccccc3-n3cccc32)ccc1F. The third kappa shape index (κ3) is 2.32. The molecule has 3 aromatic rings. The molecule has 3 nitrogen and oxygen atoms in total. The molecule has 1 aliphatic heterocycles. The number of nitrogens with one attached hydrogen (secondary N) is 1. The molecule has 0 fully saturated rings. The van der Waals surface area contributed by atoms with Crippen LogP contribution < -0.4 is 10.1 Å². The average molecular weight is 308 g/mol. The molecule has 2 heterocycles. The Hall–Kier alpha value is -2.59. The van der Waals surface area contributed by atoms with E-state index in [1.807, 2.05) is 24.3 Å². The van der Waals surface area contributed by atoms with Gasteiger partial charge in [0.1, 0.15) is 0 Å². The fraction of sp³-hybridized carbons (Fsp3) is 0.158. The summed E-state index contributed by atoms with van der Waals surface area (Å²) in [7, 11) is 1.49. The highest BCUT2D eigenvalue weighted by molar-refractivity contribution is 5.47. The van der Waals surface area contributed by atoms with Gasteiger partial charge in [0.15, 0.2) is 11.6 Å². The molecule has 0 saturated carbocycles. The number of aromatic nitrogens is 1. The first kappa shape index (κ1) is 14.0. The number of benzene rings is 2. The van der Waals surface area contributed by atoms with Crippen LogP contribution in [0.5, 0.6) is 5.75 Å². The molecule has 1 N–H and O–H groups in total. The quantitative estimate of drug-likeness (QED) is 0.779. The Kier molecular flexibility index (Phi) is 3.39. The minimum Gasteiger partial charge on any atom is -0.494 e. The highest BCUT2D eigenvalue weighted by atomic mass is 19.1. The van der Waals surface area contributed by atoms with Crippen LogP contribution in [0.1, 0.15) is 22.9 Å². The van der Waals surface area contributed by atoms with Crippen molar-refractivity contribution in [2.45, 2.75) is 12.6 Å². The smallest absolute Gasteiger partial charge is 0.165 e. The maximum atomic E-state index is 13.7. The van der Waals surface area contributed by atoms with E-state index in [0.717, 1.165) is 17.8 Å². The highest BCUT2D eigenvalue weighted by Gasteiger charge is 2.23. The highest BCUT2D eigenvalue weighted by Crippen LogP contribution is 2.32. The molecule has 0 spiro atoms. The van der Waals surface area contributed by atoms with Crippen LogP contribution in [0.15, 0.2) is 60.8 Å². The maximum absolute atomic E-state index is 13.7. The topological polar surface area (TPSA) is 26.2 Å². The van der Waals surface area contributed by atoms with Crippen LogP contribution in [0, 0.1) is 5.82 Å². The largest absolute Gasteiger partial charge is 0.494 e. The summed E-state index contributed by atoms with van der Waals surface area (Å²) in [6.45, 7) is 0.752. The van der Waals surface area contributed by atoms with E-state index >= 15 is 0 Å². The summed E-state index contributed by atoms with van der Waals surface area (Å²) in [6, 6.07) is 17.5. The number of ether oxygens (including phenoxy) is 1. The standard InChI is InChI=1S/C19H17FN2O/c1-23-18-11-13(8-9-15(18)20)19-17-7-4-10-22(17)16-6-3-2-5-14(16)12-21-19/h2-11,19,21H,12H2,1H3/t19-/m1/s1. The minimum atomic E-state index is -0.344. The second kappa shape index (κ2) is 5.56. The van der Waals surface area contributed by atoms with Gasteiger partial charge in [0.05, 0.1) is 13.2 Å². The summed E-state index contributed by atoms with van der Waals surface area (Å²) in [6.07, 6.45) is 2.06. The molecule has 23 heavy (non-hydrogen) atoms. The molecule has 4 rings (SSSR count). The third-order valence-electron chi connectivity index (χ3n) is 4.33. The number of methoxy groups -OCH3 is 1. The van der Waals surface area contributed by atoms with Gasteiger partial charge in [-0.3, -0.25) is 0 Å². The van der Waals surface area contributed by atoms with E-state index in [9.17, 15) is 4.39 Å². The number of halogens is 1. The molecule has 0 saturated heterocycles. The lowest BCUT2D eigenvalue weighted by molar-refractivity contribution is 0.385. The van der Waals surface area contributed by atoms with Crippen LogP contribution in [0.25, 0.3) is 5.69 Å². The summed E-state index contributed by atoms with van der Waals surface area (Å²) in [5.41, 5.74) is 4.53. The number of nitrogens with zero attached hydrogens (tertiary/aromatic N) is 1. The van der Waals surface area contributed by atoms with Crippen molar-refractivity contribution in [3.8, 4) is 11.4 Å². The summed E-state index contributed by atoms with van der Waals surface area (Å²) in [5.74, 6) is -0.0762. The molecule has 1 atom stereocenters. The Bertz CT molecular complexity index is 856. The van der Waals surface area contributed by atoms with Crippen molar-refractivity contribution in [3.63, 3.8) is 0 Å². The van der Waals surface area contributed by atoms with Crippen LogP contribution in [-0.2, 0) is 6.54 Å². The lowest BCUT2D eigenvalue weighted by atomic mass is 10.0. The first-order chi connectivity index (χ1) is 11.3.